The van der Waals surface area contributed by atoms with Gasteiger partial charge in [-0.25, -0.2) is 4.39 Å². The van der Waals surface area contributed by atoms with Gasteiger partial charge in [-0.3, -0.25) is 14.6 Å². The second kappa shape index (κ2) is 10.2. The van der Waals surface area contributed by atoms with Crippen molar-refractivity contribution in [3.63, 3.8) is 0 Å². The molecule has 0 aliphatic heterocycles. The molecule has 5 aromatic rings. The second-order valence-corrected chi connectivity index (χ2v) is 9.93. The van der Waals surface area contributed by atoms with E-state index >= 15 is 0 Å². The molecule has 0 fully saturated rings. The van der Waals surface area contributed by atoms with E-state index in [9.17, 15) is 14.0 Å². The van der Waals surface area contributed by atoms with Crippen LogP contribution in [0, 0.1) is 12.7 Å². The van der Waals surface area contributed by atoms with Crippen molar-refractivity contribution in [2.24, 2.45) is 0 Å². The molecule has 0 saturated carbocycles. The van der Waals surface area contributed by atoms with Crippen molar-refractivity contribution in [2.45, 2.75) is 26.3 Å². The van der Waals surface area contributed by atoms with E-state index in [-0.39, 0.29) is 17.6 Å². The van der Waals surface area contributed by atoms with Crippen LogP contribution in [0.3, 0.4) is 0 Å². The highest BCUT2D eigenvalue weighted by molar-refractivity contribution is 6.11. The van der Waals surface area contributed by atoms with Crippen LogP contribution < -0.4 is 10.6 Å². The lowest BCUT2D eigenvalue weighted by Gasteiger charge is -2.26. The molecule has 0 bridgehead atoms. The monoisotopic (exact) mass is 521 g/mol. The summed E-state index contributed by atoms with van der Waals surface area (Å²) in [6.07, 6.45) is 0. The molecule has 5 rings (SSSR count). The fourth-order valence-corrected chi connectivity index (χ4v) is 4.58. The highest BCUT2D eigenvalue weighted by Crippen LogP contribution is 2.36. The average Bonchev–Trinajstić information content (AvgIpc) is 3.31. The molecule has 196 valence electrons. The minimum Gasteiger partial charge on any atom is -0.455 e. The maximum atomic E-state index is 13.5. The molecule has 0 spiro atoms. The quantitative estimate of drug-likeness (QED) is 0.263. The van der Waals surface area contributed by atoms with Crippen molar-refractivity contribution >= 4 is 22.8 Å². The average molecular weight is 522 g/mol. The van der Waals surface area contributed by atoms with Crippen molar-refractivity contribution in [3.05, 3.63) is 113 Å². The van der Waals surface area contributed by atoms with E-state index in [0.717, 1.165) is 22.5 Å². The first-order valence-corrected chi connectivity index (χ1v) is 12.6. The van der Waals surface area contributed by atoms with E-state index in [1.165, 1.54) is 12.1 Å². The Morgan fingerprint density at radius 3 is 2.26 bits per heavy atom. The largest absolute Gasteiger partial charge is 0.455 e. The van der Waals surface area contributed by atoms with Gasteiger partial charge < -0.3 is 15.1 Å². The molecule has 0 unspecified atom stereocenters. The van der Waals surface area contributed by atoms with Gasteiger partial charge in [0.15, 0.2) is 0 Å². The fourth-order valence-electron chi connectivity index (χ4n) is 4.58. The summed E-state index contributed by atoms with van der Waals surface area (Å²) in [5.41, 5.74) is 4.59. The van der Waals surface area contributed by atoms with Gasteiger partial charge in [0.25, 0.3) is 11.8 Å². The molecule has 0 saturated heterocycles. The number of amides is 2. The van der Waals surface area contributed by atoms with Crippen LogP contribution in [0.25, 0.3) is 33.4 Å². The lowest BCUT2D eigenvalue weighted by atomic mass is 9.97. The van der Waals surface area contributed by atoms with Gasteiger partial charge >= 0.3 is 0 Å². The third-order valence-electron chi connectivity index (χ3n) is 6.66. The van der Waals surface area contributed by atoms with Gasteiger partial charge in [-0.05, 0) is 92.6 Å². The Labute approximate surface area is 225 Å². The van der Waals surface area contributed by atoms with Gasteiger partial charge in [-0.1, -0.05) is 24.3 Å². The lowest BCUT2D eigenvalue weighted by molar-refractivity contribution is 0.0909. The SMILES string of the molecule is CNC(=O)c1c(-c2ccc(F)cc2)oc2ccc(-c3cccc(C(=O)NC(C)(C)c4cccc(C)n4)c3)cc12. The normalized spacial score (nSPS) is 11.4. The fraction of sp³-hybridized carbons (Fsp3) is 0.156. The molecule has 2 amide bonds. The van der Waals surface area contributed by atoms with Gasteiger partial charge in [-0.15, -0.1) is 0 Å². The maximum absolute atomic E-state index is 13.5. The van der Waals surface area contributed by atoms with Crippen LogP contribution in [-0.4, -0.2) is 23.8 Å². The number of hydrogen-bond acceptors (Lipinski definition) is 4. The molecule has 0 radical (unpaired) electrons. The summed E-state index contributed by atoms with van der Waals surface area (Å²) in [5, 5.41) is 6.38. The number of nitrogens with one attached hydrogen (secondary N) is 2. The zero-order valence-corrected chi connectivity index (χ0v) is 22.1. The number of hydrogen-bond donors (Lipinski definition) is 2. The first-order valence-electron chi connectivity index (χ1n) is 12.6. The van der Waals surface area contributed by atoms with Crippen LogP contribution in [0.15, 0.2) is 89.3 Å². The Balaban J connectivity index is 1.51. The Hall–Kier alpha value is -4.78. The summed E-state index contributed by atoms with van der Waals surface area (Å²) in [4.78, 5) is 30.7. The predicted octanol–water partition coefficient (Wildman–Crippen LogP) is 6.63. The van der Waals surface area contributed by atoms with Crippen molar-refractivity contribution in [1.29, 1.82) is 0 Å². The molecular weight excluding hydrogens is 493 g/mol. The minimum atomic E-state index is -0.673. The highest BCUT2D eigenvalue weighted by atomic mass is 19.1. The number of halogens is 1. The number of aromatic nitrogens is 1. The first-order chi connectivity index (χ1) is 18.7. The number of carbonyl (C=O) groups is 2. The Morgan fingerprint density at radius 2 is 1.54 bits per heavy atom. The highest BCUT2D eigenvalue weighted by Gasteiger charge is 2.26. The van der Waals surface area contributed by atoms with E-state index in [1.807, 2.05) is 69.3 Å². The Morgan fingerprint density at radius 1 is 0.846 bits per heavy atom. The molecule has 0 aliphatic carbocycles. The third-order valence-corrected chi connectivity index (χ3v) is 6.66. The zero-order valence-electron chi connectivity index (χ0n) is 22.1. The van der Waals surface area contributed by atoms with Gasteiger partial charge in [-0.2, -0.15) is 0 Å². The topological polar surface area (TPSA) is 84.2 Å². The van der Waals surface area contributed by atoms with Crippen molar-refractivity contribution in [3.8, 4) is 22.5 Å². The smallest absolute Gasteiger partial charge is 0.255 e. The standard InChI is InChI=1S/C32H28FN3O3/c1-19-7-5-10-27(35-19)32(2,3)36-30(37)23-9-6-8-21(17-23)22-13-16-26-25(18-22)28(31(38)34-4)29(39-26)20-11-14-24(33)15-12-20/h5-18H,1-4H3,(H,34,38)(H,36,37). The van der Waals surface area contributed by atoms with Gasteiger partial charge in [0.2, 0.25) is 0 Å². The summed E-state index contributed by atoms with van der Waals surface area (Å²) in [6, 6.07) is 24.4. The molecule has 39 heavy (non-hydrogen) atoms. The van der Waals surface area contributed by atoms with Crippen LogP contribution >= 0.6 is 0 Å². The molecule has 7 heteroatoms. The van der Waals surface area contributed by atoms with Gasteiger partial charge in [0.1, 0.15) is 17.2 Å². The van der Waals surface area contributed by atoms with E-state index in [4.69, 9.17) is 4.42 Å². The number of rotatable bonds is 6. The van der Waals surface area contributed by atoms with Crippen molar-refractivity contribution < 1.29 is 18.4 Å². The van der Waals surface area contributed by atoms with Crippen molar-refractivity contribution in [1.82, 2.24) is 15.6 Å². The lowest BCUT2D eigenvalue weighted by Crippen LogP contribution is -2.41. The van der Waals surface area contributed by atoms with Gasteiger partial charge in [0.05, 0.1) is 16.8 Å². The molecule has 2 N–H and O–H groups in total. The summed E-state index contributed by atoms with van der Waals surface area (Å²) >= 11 is 0. The van der Waals surface area contributed by atoms with Crippen LogP contribution in [-0.2, 0) is 5.54 Å². The summed E-state index contributed by atoms with van der Waals surface area (Å²) in [6.45, 7) is 5.75. The number of pyridine rings is 1. The number of nitrogens with zero attached hydrogens (tertiary/aromatic N) is 1. The Kier molecular flexibility index (Phi) is 6.74. The van der Waals surface area contributed by atoms with E-state index in [1.54, 1.807) is 31.3 Å². The maximum Gasteiger partial charge on any atom is 0.255 e. The first kappa shape index (κ1) is 25.9. The predicted molar refractivity (Wildman–Crippen MR) is 150 cm³/mol. The molecule has 0 atom stereocenters. The molecule has 2 heterocycles. The van der Waals surface area contributed by atoms with Crippen LogP contribution in [0.2, 0.25) is 0 Å². The van der Waals surface area contributed by atoms with E-state index in [0.29, 0.717) is 33.4 Å². The van der Waals surface area contributed by atoms with Crippen LogP contribution in [0.5, 0.6) is 0 Å². The molecule has 2 aromatic heterocycles. The summed E-state index contributed by atoms with van der Waals surface area (Å²) < 4.78 is 19.6. The molecule has 0 aliphatic rings. The van der Waals surface area contributed by atoms with E-state index in [2.05, 4.69) is 15.6 Å². The molecular formula is C32H28FN3O3. The number of aryl methyl sites for hydroxylation is 1. The van der Waals surface area contributed by atoms with Crippen LogP contribution in [0.4, 0.5) is 4.39 Å². The van der Waals surface area contributed by atoms with E-state index < -0.39 is 5.54 Å². The second-order valence-electron chi connectivity index (χ2n) is 9.93. The van der Waals surface area contributed by atoms with Crippen LogP contribution in [0.1, 0.15) is 46.0 Å². The van der Waals surface area contributed by atoms with Crippen molar-refractivity contribution in [2.75, 3.05) is 7.05 Å². The number of carbonyl (C=O) groups excluding carboxylic acids is 2. The van der Waals surface area contributed by atoms with Gasteiger partial charge in [0, 0.05) is 29.3 Å². The zero-order chi connectivity index (χ0) is 27.7. The summed E-state index contributed by atoms with van der Waals surface area (Å²) in [7, 11) is 1.55. The number of benzene rings is 3. The Bertz CT molecular complexity index is 1700. The minimum absolute atomic E-state index is 0.223. The molecule has 3 aromatic carbocycles. The molecule has 6 nitrogen and oxygen atoms in total. The third kappa shape index (κ3) is 5.16. The number of fused-ring (bicyclic) bond motifs is 1. The summed E-state index contributed by atoms with van der Waals surface area (Å²) in [5.74, 6) is -0.549. The number of furan rings is 1.